The molecule has 3 unspecified atom stereocenters. The largest absolute Gasteiger partial charge is 0.460 e. The number of carbonyl (C=O) groups excluding carboxylic acids is 2. The number of hydrogen-bond acceptors (Lipinski definition) is 4. The molecule has 3 atom stereocenters. The van der Waals surface area contributed by atoms with Gasteiger partial charge < -0.3 is 9.47 Å². The third kappa shape index (κ3) is 2.92. The van der Waals surface area contributed by atoms with Crippen molar-refractivity contribution >= 4 is 11.9 Å². The van der Waals surface area contributed by atoms with Crippen LogP contribution in [0.25, 0.3) is 0 Å². The van der Waals surface area contributed by atoms with Crippen LogP contribution in [0, 0.1) is 23.2 Å². The first-order valence-electron chi connectivity index (χ1n) is 8.83. The second kappa shape index (κ2) is 5.64. The molecule has 4 nitrogen and oxygen atoms in total. The lowest BCUT2D eigenvalue weighted by Gasteiger charge is -2.64. The minimum absolute atomic E-state index is 0.0731. The average molecular weight is 320 g/mol. The number of esters is 2. The molecule has 4 bridgehead atoms. The van der Waals surface area contributed by atoms with Crippen molar-refractivity contribution in [3.05, 3.63) is 12.2 Å². The van der Waals surface area contributed by atoms with Crippen molar-refractivity contribution in [2.24, 2.45) is 23.2 Å². The van der Waals surface area contributed by atoms with Crippen molar-refractivity contribution in [2.45, 2.75) is 71.5 Å². The molecule has 4 aliphatic rings. The first-order chi connectivity index (χ1) is 10.7. The van der Waals surface area contributed by atoms with Crippen molar-refractivity contribution in [1.29, 1.82) is 0 Å². The van der Waals surface area contributed by atoms with Crippen LogP contribution in [0.5, 0.6) is 0 Å². The fourth-order valence-corrected chi connectivity index (χ4v) is 5.46. The highest BCUT2D eigenvalue weighted by atomic mass is 16.6. The Morgan fingerprint density at radius 2 is 1.57 bits per heavy atom. The van der Waals surface area contributed by atoms with Gasteiger partial charge in [-0.1, -0.05) is 6.92 Å². The van der Waals surface area contributed by atoms with Crippen molar-refractivity contribution in [1.82, 2.24) is 0 Å². The lowest BCUT2D eigenvalue weighted by molar-refractivity contribution is -0.230. The normalized spacial score (nSPS) is 41.5. The lowest BCUT2D eigenvalue weighted by atomic mass is 9.44. The zero-order valence-electron chi connectivity index (χ0n) is 14.6. The van der Waals surface area contributed by atoms with Crippen LogP contribution in [-0.4, -0.2) is 23.6 Å². The van der Waals surface area contributed by atoms with Gasteiger partial charge in [0.15, 0.2) is 0 Å². The number of hydrogen-bond donors (Lipinski definition) is 0. The number of rotatable bonds is 4. The van der Waals surface area contributed by atoms with E-state index in [-0.39, 0.29) is 11.5 Å². The summed E-state index contributed by atoms with van der Waals surface area (Å²) >= 11 is 0. The van der Waals surface area contributed by atoms with Crippen LogP contribution in [-0.2, 0) is 19.1 Å². The fourth-order valence-electron chi connectivity index (χ4n) is 5.46. The molecular weight excluding hydrogens is 292 g/mol. The van der Waals surface area contributed by atoms with Gasteiger partial charge >= 0.3 is 11.9 Å². The predicted molar refractivity (Wildman–Crippen MR) is 86.5 cm³/mol. The van der Waals surface area contributed by atoms with E-state index < -0.39 is 17.5 Å². The fraction of sp³-hybridized carbons (Fsp3) is 0.789. The van der Waals surface area contributed by atoms with E-state index in [4.69, 9.17) is 9.47 Å². The van der Waals surface area contributed by atoms with Crippen LogP contribution in [0.2, 0.25) is 0 Å². The Labute approximate surface area is 138 Å². The van der Waals surface area contributed by atoms with Crippen LogP contribution < -0.4 is 0 Å². The summed E-state index contributed by atoms with van der Waals surface area (Å²) in [7, 11) is 0. The second-order valence-corrected chi connectivity index (χ2v) is 8.45. The van der Waals surface area contributed by atoms with Crippen LogP contribution in [0.1, 0.15) is 59.8 Å². The smallest absolute Gasteiger partial charge is 0.331 e. The van der Waals surface area contributed by atoms with Gasteiger partial charge in [0.2, 0.25) is 0 Å². The predicted octanol–water partition coefficient (Wildman–Crippen LogP) is 3.64. The molecule has 23 heavy (non-hydrogen) atoms. The van der Waals surface area contributed by atoms with Gasteiger partial charge in [0.05, 0.1) is 6.10 Å². The van der Waals surface area contributed by atoms with Crippen LogP contribution in [0.15, 0.2) is 12.2 Å². The van der Waals surface area contributed by atoms with E-state index in [2.05, 4.69) is 13.8 Å². The Morgan fingerprint density at radius 3 is 2.09 bits per heavy atom. The molecule has 0 amide bonds. The zero-order valence-corrected chi connectivity index (χ0v) is 14.6. The molecule has 0 aromatic heterocycles. The molecule has 0 N–H and O–H groups in total. The molecule has 0 aromatic rings. The Morgan fingerprint density at radius 1 is 1.00 bits per heavy atom. The summed E-state index contributed by atoms with van der Waals surface area (Å²) in [5.74, 6) is 1.14. The summed E-state index contributed by atoms with van der Waals surface area (Å²) in [6, 6.07) is 0. The van der Waals surface area contributed by atoms with Gasteiger partial charge in [0, 0.05) is 17.6 Å². The second-order valence-electron chi connectivity index (χ2n) is 8.45. The van der Waals surface area contributed by atoms with E-state index in [1.54, 1.807) is 13.8 Å². The van der Waals surface area contributed by atoms with Crippen molar-refractivity contribution < 1.29 is 19.1 Å². The molecule has 128 valence electrons. The summed E-state index contributed by atoms with van der Waals surface area (Å²) in [6.45, 7) is 7.94. The van der Waals surface area contributed by atoms with Crippen molar-refractivity contribution in [3.63, 3.8) is 0 Å². The summed E-state index contributed by atoms with van der Waals surface area (Å²) in [5, 5.41) is 0. The summed E-state index contributed by atoms with van der Waals surface area (Å²) in [4.78, 5) is 23.8. The molecule has 4 saturated carbocycles. The van der Waals surface area contributed by atoms with Gasteiger partial charge in [-0.2, -0.15) is 0 Å². The highest BCUT2D eigenvalue weighted by molar-refractivity contribution is 5.91. The van der Waals surface area contributed by atoms with Crippen LogP contribution in [0.3, 0.4) is 0 Å². The molecule has 0 radical (unpaired) electrons. The van der Waals surface area contributed by atoms with Crippen molar-refractivity contribution in [3.8, 4) is 0 Å². The monoisotopic (exact) mass is 320 g/mol. The molecule has 4 rings (SSSR count). The van der Waals surface area contributed by atoms with E-state index >= 15 is 0 Å². The highest BCUT2D eigenvalue weighted by Crippen LogP contribution is 2.65. The van der Waals surface area contributed by atoms with Gasteiger partial charge in [0.25, 0.3) is 0 Å². The van der Waals surface area contributed by atoms with Crippen LogP contribution >= 0.6 is 0 Å². The number of carbonyl (C=O) groups is 2. The topological polar surface area (TPSA) is 52.6 Å². The standard InChI is InChI=1S/C19H28O4/c1-12(2)22-16(20)5-6-17(21)23-19(4)15-8-13-7-14(9-15)11-18(19,3)10-13/h5-6,12-15H,7-11H2,1-4H3. The Balaban J connectivity index is 1.68. The summed E-state index contributed by atoms with van der Waals surface area (Å²) in [6.07, 6.45) is 8.21. The minimum Gasteiger partial charge on any atom is -0.460 e. The average Bonchev–Trinajstić information content (AvgIpc) is 2.41. The van der Waals surface area contributed by atoms with Gasteiger partial charge in [0.1, 0.15) is 5.60 Å². The van der Waals surface area contributed by atoms with E-state index in [1.807, 2.05) is 0 Å². The quantitative estimate of drug-likeness (QED) is 0.586. The van der Waals surface area contributed by atoms with Gasteiger partial charge in [-0.3, -0.25) is 0 Å². The number of ether oxygens (including phenoxy) is 2. The Bertz CT molecular complexity index is 521. The van der Waals surface area contributed by atoms with Crippen LogP contribution in [0.4, 0.5) is 0 Å². The molecule has 0 heterocycles. The summed E-state index contributed by atoms with van der Waals surface area (Å²) in [5.41, 5.74) is -0.340. The van der Waals surface area contributed by atoms with Gasteiger partial charge in [-0.15, -0.1) is 0 Å². The zero-order chi connectivity index (χ0) is 16.8. The maximum atomic E-state index is 12.3. The first kappa shape index (κ1) is 16.5. The third-order valence-electron chi connectivity index (χ3n) is 6.38. The Hall–Kier alpha value is -1.32. The lowest BCUT2D eigenvalue weighted by Crippen LogP contribution is -2.63. The first-order valence-corrected chi connectivity index (χ1v) is 8.83. The molecule has 0 saturated heterocycles. The van der Waals surface area contributed by atoms with Crippen molar-refractivity contribution in [2.75, 3.05) is 0 Å². The van der Waals surface area contributed by atoms with E-state index in [0.29, 0.717) is 5.92 Å². The third-order valence-corrected chi connectivity index (χ3v) is 6.38. The highest BCUT2D eigenvalue weighted by Gasteiger charge is 2.63. The maximum Gasteiger partial charge on any atom is 0.331 e. The molecule has 4 heteroatoms. The minimum atomic E-state index is -0.501. The Kier molecular flexibility index (Phi) is 4.06. The maximum absolute atomic E-state index is 12.3. The molecular formula is C19H28O4. The SMILES string of the molecule is CC(C)OC(=O)C=CC(=O)OC1(C)C2CC3CC(C2)CC1(C)C3. The van der Waals surface area contributed by atoms with Gasteiger partial charge in [-0.05, 0) is 70.6 Å². The molecule has 4 fully saturated rings. The van der Waals surface area contributed by atoms with Gasteiger partial charge in [-0.25, -0.2) is 9.59 Å². The van der Waals surface area contributed by atoms with E-state index in [9.17, 15) is 9.59 Å². The molecule has 0 aromatic carbocycles. The molecule has 4 aliphatic carbocycles. The molecule has 0 spiro atoms. The molecule has 0 aliphatic heterocycles. The van der Waals surface area contributed by atoms with E-state index in [1.165, 1.54) is 31.4 Å². The summed E-state index contributed by atoms with van der Waals surface area (Å²) < 4.78 is 10.9. The van der Waals surface area contributed by atoms with E-state index in [0.717, 1.165) is 24.7 Å².